The first kappa shape index (κ1) is 12.3. The molecule has 4 nitrogen and oxygen atoms in total. The Labute approximate surface area is 129 Å². The average Bonchev–Trinajstić information content (AvgIpc) is 3.16. The second kappa shape index (κ2) is 4.86. The van der Waals surface area contributed by atoms with Gasteiger partial charge in [-0.3, -0.25) is 0 Å². The molecule has 2 heterocycles. The minimum absolute atomic E-state index is 0.865. The minimum atomic E-state index is 0.865. The first-order valence-electron chi connectivity index (χ1n) is 6.56. The van der Waals surface area contributed by atoms with Crippen molar-refractivity contribution in [3.05, 3.63) is 65.4 Å². The van der Waals surface area contributed by atoms with Crippen molar-refractivity contribution >= 4 is 27.0 Å². The van der Waals surface area contributed by atoms with Crippen molar-refractivity contribution in [2.45, 2.75) is 0 Å². The van der Waals surface area contributed by atoms with E-state index in [1.54, 1.807) is 6.20 Å². The van der Waals surface area contributed by atoms with Crippen LogP contribution in [0.25, 0.3) is 28.1 Å². The van der Waals surface area contributed by atoms with Gasteiger partial charge in [0.05, 0.1) is 16.7 Å². The van der Waals surface area contributed by atoms with Gasteiger partial charge in [-0.2, -0.15) is 5.10 Å². The zero-order valence-corrected chi connectivity index (χ0v) is 12.6. The summed E-state index contributed by atoms with van der Waals surface area (Å²) in [4.78, 5) is 7.96. The van der Waals surface area contributed by atoms with Gasteiger partial charge in [-0.1, -0.05) is 12.1 Å². The van der Waals surface area contributed by atoms with Crippen LogP contribution in [0.3, 0.4) is 0 Å². The van der Waals surface area contributed by atoms with Crippen LogP contribution in [0.5, 0.6) is 0 Å². The molecule has 4 rings (SSSR count). The summed E-state index contributed by atoms with van der Waals surface area (Å²) in [5.41, 5.74) is 4.05. The second-order valence-corrected chi connectivity index (χ2v) is 5.57. The van der Waals surface area contributed by atoms with Gasteiger partial charge in [0, 0.05) is 22.4 Å². The van der Waals surface area contributed by atoms with Crippen molar-refractivity contribution in [1.82, 2.24) is 19.7 Å². The maximum atomic E-state index is 4.62. The Morgan fingerprint density at radius 2 is 1.95 bits per heavy atom. The molecule has 0 saturated carbocycles. The standard InChI is InChI=1S/C16H11BrN4/c17-12-10-11(6-7-15(12)21-9-3-8-18-21)16-19-13-4-1-2-5-14(13)20-16/h1-10H,(H,19,20). The number of hydrogen-bond acceptors (Lipinski definition) is 2. The van der Waals surface area contributed by atoms with Crippen LogP contribution in [0.15, 0.2) is 65.4 Å². The molecule has 0 aliphatic heterocycles. The third kappa shape index (κ3) is 2.15. The molecule has 0 aliphatic rings. The second-order valence-electron chi connectivity index (χ2n) is 4.72. The van der Waals surface area contributed by atoms with Crippen LogP contribution in [-0.2, 0) is 0 Å². The molecule has 4 aromatic rings. The van der Waals surface area contributed by atoms with Crippen LogP contribution in [0.2, 0.25) is 0 Å². The van der Waals surface area contributed by atoms with E-state index in [-0.39, 0.29) is 0 Å². The van der Waals surface area contributed by atoms with Crippen molar-refractivity contribution in [2.75, 3.05) is 0 Å². The Kier molecular flexibility index (Phi) is 2.86. The van der Waals surface area contributed by atoms with Crippen molar-refractivity contribution in [3.8, 4) is 17.1 Å². The average molecular weight is 339 g/mol. The smallest absolute Gasteiger partial charge is 0.138 e. The lowest BCUT2D eigenvalue weighted by atomic mass is 10.2. The monoisotopic (exact) mass is 338 g/mol. The SMILES string of the molecule is Brc1cc(-c2nc3ccccc3[nH]2)ccc1-n1cccn1. The summed E-state index contributed by atoms with van der Waals surface area (Å²) in [7, 11) is 0. The number of aromatic nitrogens is 4. The van der Waals surface area contributed by atoms with Crippen molar-refractivity contribution < 1.29 is 0 Å². The Bertz CT molecular complexity index is 876. The highest BCUT2D eigenvalue weighted by Gasteiger charge is 2.08. The number of rotatable bonds is 2. The van der Waals surface area contributed by atoms with E-state index in [1.807, 2.05) is 53.3 Å². The molecule has 2 aromatic heterocycles. The molecule has 5 heteroatoms. The van der Waals surface area contributed by atoms with E-state index in [0.29, 0.717) is 0 Å². The summed E-state index contributed by atoms with van der Waals surface area (Å²) in [6.07, 6.45) is 3.68. The van der Waals surface area contributed by atoms with Gasteiger partial charge in [0.2, 0.25) is 0 Å². The number of imidazole rings is 1. The molecule has 21 heavy (non-hydrogen) atoms. The molecule has 102 valence electrons. The number of nitrogens with one attached hydrogen (secondary N) is 1. The molecule has 0 fully saturated rings. The summed E-state index contributed by atoms with van der Waals surface area (Å²) in [6.45, 7) is 0. The molecular weight excluding hydrogens is 328 g/mol. The molecule has 0 bridgehead atoms. The normalized spacial score (nSPS) is 11.1. The highest BCUT2D eigenvalue weighted by atomic mass is 79.9. The van der Waals surface area contributed by atoms with Crippen LogP contribution in [-0.4, -0.2) is 19.7 Å². The van der Waals surface area contributed by atoms with Gasteiger partial charge >= 0.3 is 0 Å². The van der Waals surface area contributed by atoms with Crippen LogP contribution >= 0.6 is 15.9 Å². The molecule has 0 aliphatic carbocycles. The number of aromatic amines is 1. The first-order chi connectivity index (χ1) is 10.3. The number of para-hydroxylation sites is 2. The van der Waals surface area contributed by atoms with Crippen LogP contribution in [0.1, 0.15) is 0 Å². The van der Waals surface area contributed by atoms with Crippen LogP contribution < -0.4 is 0 Å². The van der Waals surface area contributed by atoms with Gasteiger partial charge in [0.25, 0.3) is 0 Å². The zero-order chi connectivity index (χ0) is 14.2. The molecule has 0 atom stereocenters. The first-order valence-corrected chi connectivity index (χ1v) is 7.35. The van der Waals surface area contributed by atoms with Crippen LogP contribution in [0, 0.1) is 0 Å². The van der Waals surface area contributed by atoms with E-state index < -0.39 is 0 Å². The third-order valence-corrected chi connectivity index (χ3v) is 4.00. The maximum Gasteiger partial charge on any atom is 0.138 e. The molecule has 1 N–H and O–H groups in total. The lowest BCUT2D eigenvalue weighted by molar-refractivity contribution is 0.876. The van der Waals surface area contributed by atoms with E-state index in [2.05, 4.69) is 37.1 Å². The molecule has 0 amide bonds. The quantitative estimate of drug-likeness (QED) is 0.596. The van der Waals surface area contributed by atoms with Gasteiger partial charge in [-0.25, -0.2) is 9.67 Å². The Hall–Kier alpha value is -2.40. The highest BCUT2D eigenvalue weighted by Crippen LogP contribution is 2.27. The summed E-state index contributed by atoms with van der Waals surface area (Å²) < 4.78 is 2.80. The Balaban J connectivity index is 1.80. The fourth-order valence-corrected chi connectivity index (χ4v) is 2.90. The predicted octanol–water partition coefficient (Wildman–Crippen LogP) is 4.18. The maximum absolute atomic E-state index is 4.62. The number of H-pyrrole nitrogens is 1. The van der Waals surface area contributed by atoms with Crippen LogP contribution in [0.4, 0.5) is 0 Å². The van der Waals surface area contributed by atoms with E-state index in [1.165, 1.54) is 0 Å². The number of fused-ring (bicyclic) bond motifs is 1. The molecular formula is C16H11BrN4. The van der Waals surface area contributed by atoms with Gasteiger partial charge in [-0.15, -0.1) is 0 Å². The number of halogens is 1. The summed E-state index contributed by atoms with van der Waals surface area (Å²) in [6, 6.07) is 16.0. The summed E-state index contributed by atoms with van der Waals surface area (Å²) in [5, 5.41) is 4.25. The number of hydrogen-bond donors (Lipinski definition) is 1. The number of benzene rings is 2. The Morgan fingerprint density at radius 3 is 2.71 bits per heavy atom. The summed E-state index contributed by atoms with van der Waals surface area (Å²) >= 11 is 3.61. The molecule has 2 aromatic carbocycles. The fourth-order valence-electron chi connectivity index (χ4n) is 2.34. The van der Waals surface area contributed by atoms with Gasteiger partial charge in [0.15, 0.2) is 0 Å². The lowest BCUT2D eigenvalue weighted by Gasteiger charge is -2.06. The third-order valence-electron chi connectivity index (χ3n) is 3.36. The van der Waals surface area contributed by atoms with Crippen molar-refractivity contribution in [1.29, 1.82) is 0 Å². The lowest BCUT2D eigenvalue weighted by Crippen LogP contribution is -1.95. The largest absolute Gasteiger partial charge is 0.338 e. The van der Waals surface area contributed by atoms with Gasteiger partial charge in [-0.05, 0) is 52.3 Å². The molecule has 0 saturated heterocycles. The van der Waals surface area contributed by atoms with Gasteiger partial charge in [0.1, 0.15) is 5.82 Å². The van der Waals surface area contributed by atoms with E-state index >= 15 is 0 Å². The topological polar surface area (TPSA) is 46.5 Å². The van der Waals surface area contributed by atoms with E-state index in [4.69, 9.17) is 0 Å². The highest BCUT2D eigenvalue weighted by molar-refractivity contribution is 9.10. The predicted molar refractivity (Wildman–Crippen MR) is 86.4 cm³/mol. The summed E-state index contributed by atoms with van der Waals surface area (Å²) in [5.74, 6) is 0.865. The number of nitrogens with zero attached hydrogens (tertiary/aromatic N) is 3. The zero-order valence-electron chi connectivity index (χ0n) is 11.0. The van der Waals surface area contributed by atoms with Crippen molar-refractivity contribution in [2.24, 2.45) is 0 Å². The van der Waals surface area contributed by atoms with Crippen molar-refractivity contribution in [3.63, 3.8) is 0 Å². The fraction of sp³-hybridized carbons (Fsp3) is 0. The molecule has 0 radical (unpaired) electrons. The van der Waals surface area contributed by atoms with E-state index in [9.17, 15) is 0 Å². The minimum Gasteiger partial charge on any atom is -0.338 e. The Morgan fingerprint density at radius 1 is 1.05 bits per heavy atom. The molecule has 0 unspecified atom stereocenters. The molecule has 0 spiro atoms. The van der Waals surface area contributed by atoms with E-state index in [0.717, 1.165) is 32.6 Å². The van der Waals surface area contributed by atoms with Gasteiger partial charge < -0.3 is 4.98 Å².